The van der Waals surface area contributed by atoms with Crippen LogP contribution in [0, 0.1) is 0 Å². The van der Waals surface area contributed by atoms with Crippen molar-refractivity contribution in [2.24, 2.45) is 0 Å². The molecule has 1 aromatic heterocycles. The average Bonchev–Trinajstić information content (AvgIpc) is 3.10. The summed E-state index contributed by atoms with van der Waals surface area (Å²) in [4.78, 5) is 0. The van der Waals surface area contributed by atoms with E-state index in [-0.39, 0.29) is 5.25 Å². The maximum atomic E-state index is 5.78. The topological polar surface area (TPSA) is 57.4 Å². The lowest BCUT2D eigenvalue weighted by Crippen LogP contribution is -1.90. The largest absolute Gasteiger partial charge is 0.493 e. The minimum absolute atomic E-state index is 0.227. The van der Waals surface area contributed by atoms with Gasteiger partial charge in [-0.25, -0.2) is 0 Å². The summed E-state index contributed by atoms with van der Waals surface area (Å²) in [7, 11) is 3.20. The number of benzene rings is 2. The summed E-state index contributed by atoms with van der Waals surface area (Å²) in [5.41, 5.74) is 2.01. The molecule has 0 fully saturated rings. The molecule has 0 aliphatic rings. The Morgan fingerprint density at radius 1 is 0.958 bits per heavy atom. The highest BCUT2D eigenvalue weighted by atomic mass is 32.2. The van der Waals surface area contributed by atoms with Gasteiger partial charge < -0.3 is 13.9 Å². The molecule has 0 spiro atoms. The van der Waals surface area contributed by atoms with Crippen molar-refractivity contribution in [2.45, 2.75) is 17.4 Å². The smallest absolute Gasteiger partial charge is 0.277 e. The van der Waals surface area contributed by atoms with Crippen LogP contribution in [0.3, 0.4) is 0 Å². The summed E-state index contributed by atoms with van der Waals surface area (Å²) >= 11 is 1.53. The Morgan fingerprint density at radius 3 is 2.42 bits per heavy atom. The first-order valence-electron chi connectivity index (χ1n) is 7.48. The van der Waals surface area contributed by atoms with Crippen LogP contribution in [0.4, 0.5) is 0 Å². The fourth-order valence-corrected chi connectivity index (χ4v) is 3.10. The molecule has 0 amide bonds. The second kappa shape index (κ2) is 7.40. The maximum Gasteiger partial charge on any atom is 0.277 e. The van der Waals surface area contributed by atoms with E-state index in [2.05, 4.69) is 29.3 Å². The molecule has 5 nitrogen and oxygen atoms in total. The van der Waals surface area contributed by atoms with Gasteiger partial charge in [-0.15, -0.1) is 10.2 Å². The summed E-state index contributed by atoms with van der Waals surface area (Å²) in [6, 6.07) is 15.7. The Balaban J connectivity index is 1.78. The number of hydrogen-bond acceptors (Lipinski definition) is 6. The van der Waals surface area contributed by atoms with Gasteiger partial charge in [0.2, 0.25) is 5.89 Å². The summed E-state index contributed by atoms with van der Waals surface area (Å²) in [6.45, 7) is 2.11. The fraction of sp³-hybridized carbons (Fsp3) is 0.222. The fourth-order valence-electron chi connectivity index (χ4n) is 2.29. The Labute approximate surface area is 145 Å². The normalized spacial score (nSPS) is 12.0. The standard InChI is InChI=1S/C18H18N2O3S/c1-12(13-7-5-4-6-8-13)24-18-20-19-17(23-18)14-9-10-15(21-2)16(11-14)22-3/h4-12H,1-3H3/t12-/m0/s1. The number of thioether (sulfide) groups is 1. The number of nitrogens with zero attached hydrogens (tertiary/aromatic N) is 2. The molecule has 1 atom stereocenters. The number of methoxy groups -OCH3 is 2. The van der Waals surface area contributed by atoms with E-state index in [1.54, 1.807) is 14.2 Å². The van der Waals surface area contributed by atoms with Crippen LogP contribution in [0.1, 0.15) is 17.7 Å². The molecule has 0 saturated carbocycles. The third kappa shape index (κ3) is 3.54. The zero-order valence-electron chi connectivity index (χ0n) is 13.7. The van der Waals surface area contributed by atoms with E-state index in [0.29, 0.717) is 22.6 Å². The van der Waals surface area contributed by atoms with Crippen LogP contribution in [0.25, 0.3) is 11.5 Å². The van der Waals surface area contributed by atoms with E-state index >= 15 is 0 Å². The highest BCUT2D eigenvalue weighted by Crippen LogP contribution is 2.36. The van der Waals surface area contributed by atoms with Crippen LogP contribution in [0.2, 0.25) is 0 Å². The van der Waals surface area contributed by atoms with E-state index in [9.17, 15) is 0 Å². The molecule has 1 heterocycles. The lowest BCUT2D eigenvalue weighted by atomic mass is 10.2. The van der Waals surface area contributed by atoms with Crippen LogP contribution in [-0.2, 0) is 0 Å². The quantitative estimate of drug-likeness (QED) is 0.610. The molecule has 0 aliphatic heterocycles. The Hall–Kier alpha value is -2.47. The van der Waals surface area contributed by atoms with Crippen molar-refractivity contribution in [3.05, 3.63) is 54.1 Å². The monoisotopic (exact) mass is 342 g/mol. The first kappa shape index (κ1) is 16.4. The van der Waals surface area contributed by atoms with E-state index in [0.717, 1.165) is 5.56 Å². The SMILES string of the molecule is COc1ccc(-c2nnc(S[C@@H](C)c3ccccc3)o2)cc1OC. The van der Waals surface area contributed by atoms with Gasteiger partial charge in [-0.1, -0.05) is 42.1 Å². The van der Waals surface area contributed by atoms with Crippen LogP contribution in [0.15, 0.2) is 58.2 Å². The van der Waals surface area contributed by atoms with Crippen LogP contribution < -0.4 is 9.47 Å². The first-order chi connectivity index (χ1) is 11.7. The van der Waals surface area contributed by atoms with E-state index in [1.807, 2.05) is 36.4 Å². The molecule has 0 radical (unpaired) electrons. The van der Waals surface area contributed by atoms with Gasteiger partial charge in [0.25, 0.3) is 5.22 Å². The maximum absolute atomic E-state index is 5.78. The van der Waals surface area contributed by atoms with Crippen molar-refractivity contribution >= 4 is 11.8 Å². The van der Waals surface area contributed by atoms with Gasteiger partial charge in [0, 0.05) is 10.8 Å². The minimum atomic E-state index is 0.227. The molecular formula is C18H18N2O3S. The molecule has 0 aliphatic carbocycles. The first-order valence-corrected chi connectivity index (χ1v) is 8.36. The minimum Gasteiger partial charge on any atom is -0.493 e. The third-order valence-corrected chi connectivity index (χ3v) is 4.58. The lowest BCUT2D eigenvalue weighted by Gasteiger charge is -2.08. The van der Waals surface area contributed by atoms with Crippen molar-refractivity contribution in [3.8, 4) is 23.0 Å². The Morgan fingerprint density at radius 2 is 1.71 bits per heavy atom. The summed E-state index contributed by atoms with van der Waals surface area (Å²) in [5.74, 6) is 1.74. The van der Waals surface area contributed by atoms with Crippen molar-refractivity contribution in [2.75, 3.05) is 14.2 Å². The Kier molecular flexibility index (Phi) is 5.05. The van der Waals surface area contributed by atoms with Crippen molar-refractivity contribution in [1.82, 2.24) is 10.2 Å². The van der Waals surface area contributed by atoms with Gasteiger partial charge in [0.15, 0.2) is 11.5 Å². The third-order valence-electron chi connectivity index (χ3n) is 3.58. The molecule has 124 valence electrons. The molecule has 0 saturated heterocycles. The van der Waals surface area contributed by atoms with Gasteiger partial charge in [0.1, 0.15) is 0 Å². The van der Waals surface area contributed by atoms with E-state index < -0.39 is 0 Å². The average molecular weight is 342 g/mol. The summed E-state index contributed by atoms with van der Waals surface area (Å²) in [5, 5.41) is 9.03. The number of aromatic nitrogens is 2. The van der Waals surface area contributed by atoms with E-state index in [1.165, 1.54) is 17.3 Å². The second-order valence-corrected chi connectivity index (χ2v) is 6.41. The molecule has 24 heavy (non-hydrogen) atoms. The predicted octanol–water partition coefficient (Wildman–Crippen LogP) is 4.61. The molecule has 6 heteroatoms. The number of hydrogen-bond donors (Lipinski definition) is 0. The zero-order valence-corrected chi connectivity index (χ0v) is 14.5. The molecule has 2 aromatic carbocycles. The van der Waals surface area contributed by atoms with Gasteiger partial charge in [-0.05, 0) is 30.7 Å². The number of ether oxygens (including phenoxy) is 2. The van der Waals surface area contributed by atoms with Crippen LogP contribution in [-0.4, -0.2) is 24.4 Å². The van der Waals surface area contributed by atoms with E-state index in [4.69, 9.17) is 13.9 Å². The summed E-state index contributed by atoms with van der Waals surface area (Å²) in [6.07, 6.45) is 0. The number of rotatable bonds is 6. The van der Waals surface area contributed by atoms with Gasteiger partial charge >= 0.3 is 0 Å². The van der Waals surface area contributed by atoms with Crippen LogP contribution >= 0.6 is 11.8 Å². The van der Waals surface area contributed by atoms with Crippen molar-refractivity contribution in [3.63, 3.8) is 0 Å². The highest BCUT2D eigenvalue weighted by Gasteiger charge is 2.15. The van der Waals surface area contributed by atoms with Crippen molar-refractivity contribution in [1.29, 1.82) is 0 Å². The molecule has 3 rings (SSSR count). The van der Waals surface area contributed by atoms with Crippen molar-refractivity contribution < 1.29 is 13.9 Å². The highest BCUT2D eigenvalue weighted by molar-refractivity contribution is 7.99. The zero-order chi connectivity index (χ0) is 16.9. The predicted molar refractivity (Wildman–Crippen MR) is 93.6 cm³/mol. The van der Waals surface area contributed by atoms with Gasteiger partial charge in [-0.3, -0.25) is 0 Å². The molecule has 0 N–H and O–H groups in total. The van der Waals surface area contributed by atoms with Crippen LogP contribution in [0.5, 0.6) is 11.5 Å². The molecule has 0 unspecified atom stereocenters. The molecule has 0 bridgehead atoms. The second-order valence-electron chi connectivity index (χ2n) is 5.11. The lowest BCUT2D eigenvalue weighted by molar-refractivity contribution is 0.355. The summed E-state index contributed by atoms with van der Waals surface area (Å²) < 4.78 is 16.3. The Bertz CT molecular complexity index is 805. The van der Waals surface area contributed by atoms with Gasteiger partial charge in [0.05, 0.1) is 14.2 Å². The molecule has 3 aromatic rings. The van der Waals surface area contributed by atoms with Gasteiger partial charge in [-0.2, -0.15) is 0 Å². The molecular weight excluding hydrogens is 324 g/mol.